The van der Waals surface area contributed by atoms with Gasteiger partial charge in [-0.2, -0.15) is 0 Å². The van der Waals surface area contributed by atoms with Gasteiger partial charge in [0.1, 0.15) is 0 Å². The predicted octanol–water partition coefficient (Wildman–Crippen LogP) is 3.00. The van der Waals surface area contributed by atoms with E-state index in [1.807, 2.05) is 34.9 Å². The van der Waals surface area contributed by atoms with Crippen molar-refractivity contribution < 1.29 is 19.1 Å². The highest BCUT2D eigenvalue weighted by molar-refractivity contribution is 5.85. The van der Waals surface area contributed by atoms with Crippen molar-refractivity contribution in [3.8, 4) is 11.5 Å². The van der Waals surface area contributed by atoms with E-state index in [0.717, 1.165) is 37.7 Å². The van der Waals surface area contributed by atoms with Crippen LogP contribution in [0.2, 0.25) is 0 Å². The lowest BCUT2D eigenvalue weighted by Gasteiger charge is -2.44. The molecule has 0 aromatic heterocycles. The van der Waals surface area contributed by atoms with Crippen molar-refractivity contribution in [1.82, 2.24) is 20.4 Å². The maximum atomic E-state index is 13.4. The number of likely N-dealkylation sites (tertiary alicyclic amines) is 1. The number of urea groups is 1. The van der Waals surface area contributed by atoms with Gasteiger partial charge in [-0.25, -0.2) is 4.79 Å². The third kappa shape index (κ3) is 5.72. The number of ether oxygens (including phenoxy) is 2. The first-order chi connectivity index (χ1) is 15.8. The second-order valence-corrected chi connectivity index (χ2v) is 9.51. The first-order valence-electron chi connectivity index (χ1n) is 12.2. The molecule has 2 aliphatic rings. The van der Waals surface area contributed by atoms with Crippen molar-refractivity contribution >= 4 is 11.9 Å². The molecule has 2 saturated heterocycles. The van der Waals surface area contributed by atoms with E-state index in [0.29, 0.717) is 43.6 Å². The second kappa shape index (κ2) is 11.1. The van der Waals surface area contributed by atoms with E-state index >= 15 is 0 Å². The summed E-state index contributed by atoms with van der Waals surface area (Å²) >= 11 is 0. The average molecular weight is 461 g/mol. The molecule has 8 nitrogen and oxygen atoms in total. The summed E-state index contributed by atoms with van der Waals surface area (Å²) in [5.74, 6) is 1.99. The first kappa shape index (κ1) is 25.1. The minimum atomic E-state index is -0.394. The summed E-state index contributed by atoms with van der Waals surface area (Å²) in [6, 6.07) is 5.73. The summed E-state index contributed by atoms with van der Waals surface area (Å²) in [4.78, 5) is 29.8. The third-order valence-electron chi connectivity index (χ3n) is 6.71. The molecule has 1 spiro atoms. The van der Waals surface area contributed by atoms with Gasteiger partial charge in [-0.1, -0.05) is 26.8 Å². The van der Waals surface area contributed by atoms with Crippen LogP contribution in [0.3, 0.4) is 0 Å². The number of hydrogen-bond donors (Lipinski definition) is 2. The largest absolute Gasteiger partial charge is 0.493 e. The van der Waals surface area contributed by atoms with E-state index in [1.165, 1.54) is 0 Å². The van der Waals surface area contributed by atoms with Crippen molar-refractivity contribution in [3.05, 3.63) is 23.8 Å². The van der Waals surface area contributed by atoms with Crippen LogP contribution in [0.1, 0.15) is 52.0 Å². The topological polar surface area (TPSA) is 83.1 Å². The van der Waals surface area contributed by atoms with Crippen LogP contribution in [-0.4, -0.2) is 73.8 Å². The first-order valence-corrected chi connectivity index (χ1v) is 12.2. The molecular formula is C25H40N4O4. The molecule has 0 aliphatic carbocycles. The summed E-state index contributed by atoms with van der Waals surface area (Å²) in [7, 11) is 3.26. The highest BCUT2D eigenvalue weighted by Gasteiger charge is 2.51. The lowest BCUT2D eigenvalue weighted by molar-refractivity contribution is -0.133. The number of piperidine rings is 1. The zero-order valence-corrected chi connectivity index (χ0v) is 20.8. The fourth-order valence-electron chi connectivity index (χ4n) is 4.93. The van der Waals surface area contributed by atoms with E-state index < -0.39 is 5.66 Å². The lowest BCUT2D eigenvalue weighted by Crippen LogP contribution is -2.60. The molecule has 3 amide bonds. The Hall–Kier alpha value is -2.48. The fourth-order valence-corrected chi connectivity index (χ4v) is 4.93. The van der Waals surface area contributed by atoms with Crippen LogP contribution in [0.5, 0.6) is 11.5 Å². The van der Waals surface area contributed by atoms with Crippen LogP contribution >= 0.6 is 0 Å². The Balaban J connectivity index is 1.73. The maximum Gasteiger partial charge on any atom is 0.317 e. The van der Waals surface area contributed by atoms with Gasteiger partial charge in [0.15, 0.2) is 11.5 Å². The molecule has 3 rings (SSSR count). The van der Waals surface area contributed by atoms with Gasteiger partial charge in [0.2, 0.25) is 5.91 Å². The Morgan fingerprint density at radius 1 is 1.21 bits per heavy atom. The molecule has 2 heterocycles. The molecule has 0 unspecified atom stereocenters. The number of amides is 3. The van der Waals surface area contributed by atoms with E-state index in [2.05, 4.69) is 24.5 Å². The number of methoxy groups -OCH3 is 2. The highest BCUT2D eigenvalue weighted by atomic mass is 16.5. The number of nitrogens with zero attached hydrogens (tertiary/aromatic N) is 2. The van der Waals surface area contributed by atoms with Gasteiger partial charge in [0.05, 0.1) is 25.9 Å². The standard InChI is InChI=1S/C25H40N4O4/c1-6-12-26-24(31)28-14-10-25(11-15-28)27-20(16-18(2)3)23(30)29(25)13-9-19-7-8-21(32-4)22(17-19)33-5/h7-8,17-18,20,27H,6,9-16H2,1-5H3,(H,26,31)/t20-/m0/s1. The van der Waals surface area contributed by atoms with Gasteiger partial charge in [-0.3, -0.25) is 10.1 Å². The monoisotopic (exact) mass is 460 g/mol. The summed E-state index contributed by atoms with van der Waals surface area (Å²) < 4.78 is 10.8. The van der Waals surface area contributed by atoms with Gasteiger partial charge in [-0.05, 0) is 42.9 Å². The van der Waals surface area contributed by atoms with E-state index in [4.69, 9.17) is 9.47 Å². The van der Waals surface area contributed by atoms with Crippen molar-refractivity contribution in [2.45, 2.75) is 64.6 Å². The zero-order chi connectivity index (χ0) is 24.0. The van der Waals surface area contributed by atoms with Gasteiger partial charge < -0.3 is 24.6 Å². The van der Waals surface area contributed by atoms with Gasteiger partial charge in [0.25, 0.3) is 0 Å². The molecule has 1 aromatic rings. The third-order valence-corrected chi connectivity index (χ3v) is 6.71. The molecular weight excluding hydrogens is 420 g/mol. The molecule has 0 bridgehead atoms. The average Bonchev–Trinajstić information content (AvgIpc) is 3.05. The van der Waals surface area contributed by atoms with E-state index in [9.17, 15) is 9.59 Å². The lowest BCUT2D eigenvalue weighted by atomic mass is 9.95. The van der Waals surface area contributed by atoms with Crippen LogP contribution in [0.15, 0.2) is 18.2 Å². The zero-order valence-electron chi connectivity index (χ0n) is 20.8. The summed E-state index contributed by atoms with van der Waals surface area (Å²) in [6.07, 6.45) is 3.93. The number of carbonyl (C=O) groups excluding carboxylic acids is 2. The molecule has 2 N–H and O–H groups in total. The minimum absolute atomic E-state index is 0.00775. The molecule has 184 valence electrons. The Kier molecular flexibility index (Phi) is 8.46. The smallest absolute Gasteiger partial charge is 0.317 e. The molecule has 0 saturated carbocycles. The molecule has 1 atom stereocenters. The Labute approximate surface area is 198 Å². The van der Waals surface area contributed by atoms with Gasteiger partial charge >= 0.3 is 6.03 Å². The molecule has 2 aliphatic heterocycles. The number of hydrogen-bond acceptors (Lipinski definition) is 5. The predicted molar refractivity (Wildman–Crippen MR) is 129 cm³/mol. The normalized spacial score (nSPS) is 19.9. The molecule has 2 fully saturated rings. The van der Waals surface area contributed by atoms with Crippen molar-refractivity contribution in [2.24, 2.45) is 5.92 Å². The SMILES string of the molecule is CCCNC(=O)N1CCC2(CC1)N[C@@H](CC(C)C)C(=O)N2CCc1ccc(OC)c(OC)c1. The molecule has 0 radical (unpaired) electrons. The van der Waals surface area contributed by atoms with Crippen molar-refractivity contribution in [3.63, 3.8) is 0 Å². The van der Waals surface area contributed by atoms with Crippen molar-refractivity contribution in [2.75, 3.05) is 40.4 Å². The molecule has 33 heavy (non-hydrogen) atoms. The summed E-state index contributed by atoms with van der Waals surface area (Å²) in [5, 5.41) is 6.66. The summed E-state index contributed by atoms with van der Waals surface area (Å²) in [5.41, 5.74) is 0.702. The number of nitrogens with one attached hydrogen (secondary N) is 2. The Morgan fingerprint density at radius 2 is 1.91 bits per heavy atom. The summed E-state index contributed by atoms with van der Waals surface area (Å²) in [6.45, 7) is 8.92. The number of carbonyl (C=O) groups is 2. The quantitative estimate of drug-likeness (QED) is 0.592. The van der Waals surface area contributed by atoms with E-state index in [-0.39, 0.29) is 18.0 Å². The van der Waals surface area contributed by atoms with Gasteiger partial charge in [0, 0.05) is 39.0 Å². The Bertz CT molecular complexity index is 821. The Morgan fingerprint density at radius 3 is 2.52 bits per heavy atom. The fraction of sp³-hybridized carbons (Fsp3) is 0.680. The second-order valence-electron chi connectivity index (χ2n) is 9.51. The van der Waals surface area contributed by atoms with Crippen LogP contribution in [-0.2, 0) is 11.2 Å². The molecule has 8 heteroatoms. The highest BCUT2D eigenvalue weighted by Crippen LogP contribution is 2.35. The molecule has 1 aromatic carbocycles. The van der Waals surface area contributed by atoms with Crippen molar-refractivity contribution in [1.29, 1.82) is 0 Å². The van der Waals surface area contributed by atoms with Crippen LogP contribution < -0.4 is 20.1 Å². The van der Waals surface area contributed by atoms with E-state index in [1.54, 1.807) is 14.2 Å². The van der Waals surface area contributed by atoms with Crippen LogP contribution in [0.4, 0.5) is 4.79 Å². The van der Waals surface area contributed by atoms with Crippen LogP contribution in [0, 0.1) is 5.92 Å². The van der Waals surface area contributed by atoms with Gasteiger partial charge in [-0.15, -0.1) is 0 Å². The minimum Gasteiger partial charge on any atom is -0.493 e. The maximum absolute atomic E-state index is 13.4. The number of benzene rings is 1. The van der Waals surface area contributed by atoms with Crippen LogP contribution in [0.25, 0.3) is 0 Å². The number of rotatable bonds is 9.